The van der Waals surface area contributed by atoms with Gasteiger partial charge >= 0.3 is 0 Å². The van der Waals surface area contributed by atoms with Crippen LogP contribution in [0.15, 0.2) is 43.0 Å². The molecule has 3 rings (SSSR count). The molecule has 1 atom stereocenters. The molecule has 120 valence electrons. The average Bonchev–Trinajstić information content (AvgIpc) is 2.63. The van der Waals surface area contributed by atoms with E-state index in [-0.39, 0.29) is 5.91 Å². The Morgan fingerprint density at radius 3 is 2.70 bits per heavy atom. The number of rotatable bonds is 4. The average molecular weight is 312 g/mol. The molecule has 6 heteroatoms. The van der Waals surface area contributed by atoms with Crippen molar-refractivity contribution in [3.63, 3.8) is 0 Å². The van der Waals surface area contributed by atoms with E-state index in [1.54, 1.807) is 31.7 Å². The van der Waals surface area contributed by atoms with Crippen LogP contribution in [0.4, 0.5) is 0 Å². The molecule has 0 saturated carbocycles. The molecule has 3 heterocycles. The van der Waals surface area contributed by atoms with E-state index in [1.165, 1.54) is 0 Å². The lowest BCUT2D eigenvalue weighted by Crippen LogP contribution is -2.44. The Morgan fingerprint density at radius 2 is 2.04 bits per heavy atom. The number of ether oxygens (including phenoxy) is 1. The third-order valence-corrected chi connectivity index (χ3v) is 4.11. The quantitative estimate of drug-likeness (QED) is 0.864. The van der Waals surface area contributed by atoms with Crippen molar-refractivity contribution in [3.8, 4) is 5.88 Å². The van der Waals surface area contributed by atoms with Crippen LogP contribution in [0.2, 0.25) is 0 Å². The van der Waals surface area contributed by atoms with E-state index < -0.39 is 6.10 Å². The van der Waals surface area contributed by atoms with Crippen molar-refractivity contribution in [2.75, 3.05) is 13.1 Å². The smallest absolute Gasteiger partial charge is 0.263 e. The molecule has 23 heavy (non-hydrogen) atoms. The Labute approximate surface area is 135 Å². The molecule has 1 amide bonds. The van der Waals surface area contributed by atoms with Crippen LogP contribution in [-0.4, -0.2) is 45.0 Å². The van der Waals surface area contributed by atoms with Gasteiger partial charge in [0.1, 0.15) is 6.33 Å². The predicted molar refractivity (Wildman–Crippen MR) is 84.9 cm³/mol. The largest absolute Gasteiger partial charge is 0.465 e. The number of aromatic nitrogens is 3. The van der Waals surface area contributed by atoms with Crippen molar-refractivity contribution in [2.24, 2.45) is 0 Å². The zero-order valence-corrected chi connectivity index (χ0v) is 13.1. The summed E-state index contributed by atoms with van der Waals surface area (Å²) in [5.74, 6) is 0.884. The molecule has 0 bridgehead atoms. The lowest BCUT2D eigenvalue weighted by Gasteiger charge is -2.33. The second kappa shape index (κ2) is 7.17. The highest BCUT2D eigenvalue weighted by atomic mass is 16.5. The van der Waals surface area contributed by atoms with Gasteiger partial charge in [0.05, 0.1) is 0 Å². The standard InChI is InChI=1S/C17H20N4O2/c1-13(23-16-4-2-3-8-19-16)17(22)21-10-6-14(7-11-21)15-5-9-18-12-20-15/h2-5,8-9,12-14H,6-7,10-11H2,1H3. The Kier molecular flexibility index (Phi) is 4.80. The maximum atomic E-state index is 12.5. The van der Waals surface area contributed by atoms with E-state index >= 15 is 0 Å². The summed E-state index contributed by atoms with van der Waals surface area (Å²) >= 11 is 0. The molecule has 0 aliphatic carbocycles. The van der Waals surface area contributed by atoms with E-state index in [4.69, 9.17) is 4.74 Å². The minimum absolute atomic E-state index is 0.0109. The molecular weight excluding hydrogens is 292 g/mol. The van der Waals surface area contributed by atoms with Crippen LogP contribution in [0.25, 0.3) is 0 Å². The first-order chi connectivity index (χ1) is 11.2. The van der Waals surface area contributed by atoms with Crippen molar-refractivity contribution >= 4 is 5.91 Å². The van der Waals surface area contributed by atoms with Gasteiger partial charge < -0.3 is 9.64 Å². The van der Waals surface area contributed by atoms with Gasteiger partial charge in [0, 0.05) is 43.2 Å². The van der Waals surface area contributed by atoms with E-state index in [0.29, 0.717) is 11.8 Å². The van der Waals surface area contributed by atoms with Crippen LogP contribution in [0, 0.1) is 0 Å². The molecule has 2 aromatic rings. The molecule has 1 fully saturated rings. The highest BCUT2D eigenvalue weighted by Crippen LogP contribution is 2.26. The second-order valence-electron chi connectivity index (χ2n) is 5.66. The fourth-order valence-corrected chi connectivity index (χ4v) is 2.84. The minimum atomic E-state index is -0.527. The Hall–Kier alpha value is -2.50. The van der Waals surface area contributed by atoms with Crippen LogP contribution < -0.4 is 4.74 Å². The van der Waals surface area contributed by atoms with E-state index in [1.807, 2.05) is 23.1 Å². The Bertz CT molecular complexity index is 628. The highest BCUT2D eigenvalue weighted by molar-refractivity contribution is 5.81. The first-order valence-corrected chi connectivity index (χ1v) is 7.86. The van der Waals surface area contributed by atoms with Crippen molar-refractivity contribution in [1.82, 2.24) is 19.9 Å². The molecule has 0 radical (unpaired) electrons. The molecule has 1 saturated heterocycles. The molecule has 6 nitrogen and oxygen atoms in total. The molecule has 2 aromatic heterocycles. The molecule has 1 aliphatic rings. The summed E-state index contributed by atoms with van der Waals surface area (Å²) in [5.41, 5.74) is 1.06. The van der Waals surface area contributed by atoms with Crippen LogP contribution >= 0.6 is 0 Å². The number of hydrogen-bond donors (Lipinski definition) is 0. The summed E-state index contributed by atoms with van der Waals surface area (Å²) < 4.78 is 5.62. The fourth-order valence-electron chi connectivity index (χ4n) is 2.84. The van der Waals surface area contributed by atoms with Gasteiger partial charge in [-0.3, -0.25) is 4.79 Å². The van der Waals surface area contributed by atoms with E-state index in [0.717, 1.165) is 31.6 Å². The van der Waals surface area contributed by atoms with Gasteiger partial charge in [-0.15, -0.1) is 0 Å². The van der Waals surface area contributed by atoms with Crippen molar-refractivity contribution < 1.29 is 9.53 Å². The Morgan fingerprint density at radius 1 is 1.22 bits per heavy atom. The second-order valence-corrected chi connectivity index (χ2v) is 5.66. The van der Waals surface area contributed by atoms with Crippen molar-refractivity contribution in [1.29, 1.82) is 0 Å². The molecule has 0 aromatic carbocycles. The summed E-state index contributed by atoms with van der Waals surface area (Å²) in [7, 11) is 0. The number of pyridine rings is 1. The lowest BCUT2D eigenvalue weighted by molar-refractivity contribution is -0.139. The van der Waals surface area contributed by atoms with Gasteiger partial charge in [-0.1, -0.05) is 6.07 Å². The maximum absolute atomic E-state index is 12.5. The zero-order valence-electron chi connectivity index (χ0n) is 13.1. The van der Waals surface area contributed by atoms with Gasteiger partial charge in [-0.05, 0) is 31.9 Å². The van der Waals surface area contributed by atoms with Crippen molar-refractivity contribution in [2.45, 2.75) is 31.8 Å². The van der Waals surface area contributed by atoms with Crippen LogP contribution in [0.1, 0.15) is 31.4 Å². The molecule has 1 aliphatic heterocycles. The van der Waals surface area contributed by atoms with Gasteiger partial charge in [0.25, 0.3) is 5.91 Å². The van der Waals surface area contributed by atoms with Gasteiger partial charge in [0.2, 0.25) is 5.88 Å². The van der Waals surface area contributed by atoms with Crippen LogP contribution in [0.3, 0.4) is 0 Å². The SMILES string of the molecule is CC(Oc1ccccn1)C(=O)N1CCC(c2ccncn2)CC1. The highest BCUT2D eigenvalue weighted by Gasteiger charge is 2.28. The number of amides is 1. The monoisotopic (exact) mass is 312 g/mol. The minimum Gasteiger partial charge on any atom is -0.465 e. The summed E-state index contributed by atoms with van der Waals surface area (Å²) in [4.78, 5) is 26.7. The normalized spacial score (nSPS) is 16.8. The molecular formula is C17H20N4O2. The topological polar surface area (TPSA) is 68.2 Å². The number of nitrogens with zero attached hydrogens (tertiary/aromatic N) is 4. The van der Waals surface area contributed by atoms with E-state index in [2.05, 4.69) is 15.0 Å². The zero-order chi connectivity index (χ0) is 16.1. The molecule has 1 unspecified atom stereocenters. The number of carbonyl (C=O) groups excluding carboxylic acids is 1. The first-order valence-electron chi connectivity index (χ1n) is 7.86. The van der Waals surface area contributed by atoms with E-state index in [9.17, 15) is 4.79 Å². The first kappa shape index (κ1) is 15.4. The third kappa shape index (κ3) is 3.83. The number of hydrogen-bond acceptors (Lipinski definition) is 5. The lowest BCUT2D eigenvalue weighted by atomic mass is 9.93. The van der Waals surface area contributed by atoms with Gasteiger partial charge in [-0.2, -0.15) is 0 Å². The molecule has 0 spiro atoms. The summed E-state index contributed by atoms with van der Waals surface area (Å²) in [5, 5.41) is 0. The number of carbonyl (C=O) groups is 1. The summed E-state index contributed by atoms with van der Waals surface area (Å²) in [6.07, 6.45) is 6.30. The Balaban J connectivity index is 1.54. The number of piperidine rings is 1. The maximum Gasteiger partial charge on any atom is 0.263 e. The third-order valence-electron chi connectivity index (χ3n) is 4.11. The van der Waals surface area contributed by atoms with Crippen molar-refractivity contribution in [3.05, 3.63) is 48.7 Å². The predicted octanol–water partition coefficient (Wildman–Crippen LogP) is 2.05. The fraction of sp³-hybridized carbons (Fsp3) is 0.412. The summed E-state index contributed by atoms with van der Waals surface area (Å²) in [6.45, 7) is 3.22. The van der Waals surface area contributed by atoms with Crippen LogP contribution in [-0.2, 0) is 4.79 Å². The molecule has 0 N–H and O–H groups in total. The number of likely N-dealkylation sites (tertiary alicyclic amines) is 1. The summed E-state index contributed by atoms with van der Waals surface area (Å²) in [6, 6.07) is 7.37. The van der Waals surface area contributed by atoms with Gasteiger partial charge in [0.15, 0.2) is 6.10 Å². The van der Waals surface area contributed by atoms with Gasteiger partial charge in [-0.25, -0.2) is 15.0 Å². The van der Waals surface area contributed by atoms with Crippen LogP contribution in [0.5, 0.6) is 5.88 Å².